The largest absolute Gasteiger partial charge is 0.496 e. The fraction of sp³-hybridized carbons (Fsp3) is 0.167. The van der Waals surface area contributed by atoms with Crippen molar-refractivity contribution in [2.75, 3.05) is 14.2 Å². The Kier molecular flexibility index (Phi) is 7.87. The molecule has 0 heterocycles. The average molecular weight is 484 g/mol. The summed E-state index contributed by atoms with van der Waals surface area (Å²) in [5.74, 6) is -0.369. The highest BCUT2D eigenvalue weighted by atomic mass is 32.2. The van der Waals surface area contributed by atoms with Gasteiger partial charge in [-0.05, 0) is 42.8 Å². The van der Waals surface area contributed by atoms with E-state index in [1.54, 1.807) is 19.1 Å². The van der Waals surface area contributed by atoms with E-state index in [0.29, 0.717) is 11.5 Å². The zero-order valence-electron chi connectivity index (χ0n) is 18.9. The van der Waals surface area contributed by atoms with E-state index < -0.39 is 21.8 Å². The molecule has 0 aromatic heterocycles. The molecular formula is C24H25N3O6S. The number of amides is 2. The third kappa shape index (κ3) is 5.91. The Labute approximate surface area is 198 Å². The van der Waals surface area contributed by atoms with E-state index in [9.17, 15) is 18.0 Å². The number of hydrazine groups is 1. The summed E-state index contributed by atoms with van der Waals surface area (Å²) < 4.78 is 38.3. The van der Waals surface area contributed by atoms with Crippen molar-refractivity contribution in [2.45, 2.75) is 18.4 Å². The fourth-order valence-electron chi connectivity index (χ4n) is 3.14. The molecule has 0 aliphatic rings. The molecule has 2 amide bonds. The van der Waals surface area contributed by atoms with E-state index in [2.05, 4.69) is 15.6 Å². The molecule has 0 atom stereocenters. The molecule has 0 spiro atoms. The number of hydrogen-bond acceptors (Lipinski definition) is 6. The van der Waals surface area contributed by atoms with Gasteiger partial charge in [0.15, 0.2) is 0 Å². The van der Waals surface area contributed by atoms with Gasteiger partial charge in [-0.25, -0.2) is 13.1 Å². The summed E-state index contributed by atoms with van der Waals surface area (Å²) in [4.78, 5) is 25.0. The summed E-state index contributed by atoms with van der Waals surface area (Å²) in [6.45, 7) is 1.90. The lowest BCUT2D eigenvalue weighted by atomic mass is 10.1. The lowest BCUT2D eigenvalue weighted by Crippen LogP contribution is -2.41. The molecule has 3 rings (SSSR count). The van der Waals surface area contributed by atoms with Crippen LogP contribution >= 0.6 is 0 Å². The van der Waals surface area contributed by atoms with Gasteiger partial charge in [0, 0.05) is 23.2 Å². The van der Waals surface area contributed by atoms with Crippen molar-refractivity contribution in [3.8, 4) is 11.5 Å². The number of benzene rings is 3. The summed E-state index contributed by atoms with van der Waals surface area (Å²) in [5, 5.41) is 0. The van der Waals surface area contributed by atoms with Gasteiger partial charge in [0.2, 0.25) is 10.0 Å². The molecule has 3 aromatic rings. The number of carbonyl (C=O) groups is 2. The molecule has 3 aromatic carbocycles. The van der Waals surface area contributed by atoms with Crippen LogP contribution in [0.25, 0.3) is 0 Å². The Morgan fingerprint density at radius 1 is 0.794 bits per heavy atom. The molecule has 0 fully saturated rings. The quantitative estimate of drug-likeness (QED) is 0.423. The molecular weight excluding hydrogens is 458 g/mol. The lowest BCUT2D eigenvalue weighted by molar-refractivity contribution is 0.0846. The minimum Gasteiger partial charge on any atom is -0.496 e. The summed E-state index contributed by atoms with van der Waals surface area (Å²) in [6, 6.07) is 17.6. The van der Waals surface area contributed by atoms with Crippen molar-refractivity contribution in [1.82, 2.24) is 15.6 Å². The van der Waals surface area contributed by atoms with Crippen molar-refractivity contribution in [2.24, 2.45) is 0 Å². The fourth-order valence-corrected chi connectivity index (χ4v) is 4.20. The van der Waals surface area contributed by atoms with Gasteiger partial charge >= 0.3 is 0 Å². The maximum absolute atomic E-state index is 12.6. The molecule has 34 heavy (non-hydrogen) atoms. The highest BCUT2D eigenvalue weighted by molar-refractivity contribution is 7.89. The van der Waals surface area contributed by atoms with Crippen LogP contribution < -0.4 is 25.0 Å². The van der Waals surface area contributed by atoms with Gasteiger partial charge in [-0.2, -0.15) is 0 Å². The molecule has 178 valence electrons. The normalized spacial score (nSPS) is 10.9. The summed E-state index contributed by atoms with van der Waals surface area (Å²) in [7, 11) is -0.907. The van der Waals surface area contributed by atoms with Gasteiger partial charge in [0.25, 0.3) is 11.8 Å². The molecule has 3 N–H and O–H groups in total. The number of hydrogen-bond donors (Lipinski definition) is 3. The standard InChI is InChI=1S/C24H25N3O6S/c1-16-21(32-2)13-19(14-22(16)33-3)24(29)27-26-23(28)18-10-7-11-20(12-18)34(30,31)25-15-17-8-5-4-6-9-17/h4-14,25H,15H2,1-3H3,(H,26,28)(H,27,29). The highest BCUT2D eigenvalue weighted by Gasteiger charge is 2.18. The van der Waals surface area contributed by atoms with Gasteiger partial charge in [0.1, 0.15) is 11.5 Å². The van der Waals surface area contributed by atoms with Crippen molar-refractivity contribution in [3.05, 3.63) is 89.0 Å². The second kappa shape index (κ2) is 10.8. The Balaban J connectivity index is 1.68. The molecule has 0 unspecified atom stereocenters. The number of methoxy groups -OCH3 is 2. The lowest BCUT2D eigenvalue weighted by Gasteiger charge is -2.13. The van der Waals surface area contributed by atoms with Crippen LogP contribution in [0.2, 0.25) is 0 Å². The topological polar surface area (TPSA) is 123 Å². The second-order valence-electron chi connectivity index (χ2n) is 7.25. The van der Waals surface area contributed by atoms with Gasteiger partial charge in [-0.15, -0.1) is 0 Å². The summed E-state index contributed by atoms with van der Waals surface area (Å²) >= 11 is 0. The van der Waals surface area contributed by atoms with Gasteiger partial charge in [-0.1, -0.05) is 36.4 Å². The van der Waals surface area contributed by atoms with Crippen molar-refractivity contribution in [3.63, 3.8) is 0 Å². The molecule has 0 saturated carbocycles. The van der Waals surface area contributed by atoms with Crippen molar-refractivity contribution >= 4 is 21.8 Å². The second-order valence-corrected chi connectivity index (χ2v) is 9.02. The maximum atomic E-state index is 12.6. The Bertz CT molecular complexity index is 1270. The number of rotatable bonds is 8. The van der Waals surface area contributed by atoms with Crippen LogP contribution in [0.4, 0.5) is 0 Å². The predicted octanol–water partition coefficient (Wildman–Crippen LogP) is 2.57. The minimum absolute atomic E-state index is 0.0574. The van der Waals surface area contributed by atoms with E-state index in [-0.39, 0.29) is 22.6 Å². The SMILES string of the molecule is COc1cc(C(=O)NNC(=O)c2cccc(S(=O)(=O)NCc3ccccc3)c2)cc(OC)c1C. The van der Waals surface area contributed by atoms with E-state index >= 15 is 0 Å². The molecule has 0 radical (unpaired) electrons. The van der Waals surface area contributed by atoms with E-state index in [0.717, 1.165) is 11.1 Å². The number of carbonyl (C=O) groups excluding carboxylic acids is 2. The number of nitrogens with one attached hydrogen (secondary N) is 3. The number of sulfonamides is 1. The Morgan fingerprint density at radius 2 is 1.38 bits per heavy atom. The summed E-state index contributed by atoms with van der Waals surface area (Å²) in [6.07, 6.45) is 0. The van der Waals surface area contributed by atoms with Crippen LogP contribution in [0.1, 0.15) is 31.8 Å². The average Bonchev–Trinajstić information content (AvgIpc) is 2.86. The van der Waals surface area contributed by atoms with Gasteiger partial charge in [0.05, 0.1) is 19.1 Å². The monoisotopic (exact) mass is 483 g/mol. The Morgan fingerprint density at radius 3 is 1.97 bits per heavy atom. The molecule has 9 nitrogen and oxygen atoms in total. The van der Waals surface area contributed by atoms with E-state index in [1.807, 2.05) is 18.2 Å². The van der Waals surface area contributed by atoms with Crippen LogP contribution in [0.15, 0.2) is 71.6 Å². The first-order chi connectivity index (χ1) is 16.2. The first-order valence-electron chi connectivity index (χ1n) is 10.2. The molecule has 0 aliphatic heterocycles. The van der Waals surface area contributed by atoms with Crippen LogP contribution in [0.5, 0.6) is 11.5 Å². The number of ether oxygens (including phenoxy) is 2. The third-order valence-electron chi connectivity index (χ3n) is 5.02. The zero-order chi connectivity index (χ0) is 24.7. The van der Waals surface area contributed by atoms with Crippen LogP contribution in [0, 0.1) is 6.92 Å². The van der Waals surface area contributed by atoms with Gasteiger partial charge < -0.3 is 9.47 Å². The summed E-state index contributed by atoms with van der Waals surface area (Å²) in [5.41, 5.74) is 6.39. The van der Waals surface area contributed by atoms with Crippen molar-refractivity contribution < 1.29 is 27.5 Å². The molecule has 0 bridgehead atoms. The van der Waals surface area contributed by atoms with E-state index in [4.69, 9.17) is 9.47 Å². The van der Waals surface area contributed by atoms with Crippen molar-refractivity contribution in [1.29, 1.82) is 0 Å². The third-order valence-corrected chi connectivity index (χ3v) is 6.42. The molecule has 0 saturated heterocycles. The smallest absolute Gasteiger partial charge is 0.269 e. The first kappa shape index (κ1) is 24.7. The van der Waals surface area contributed by atoms with Crippen LogP contribution in [0.3, 0.4) is 0 Å². The molecule has 10 heteroatoms. The highest BCUT2D eigenvalue weighted by Crippen LogP contribution is 2.29. The van der Waals surface area contributed by atoms with Crippen LogP contribution in [-0.4, -0.2) is 34.5 Å². The maximum Gasteiger partial charge on any atom is 0.269 e. The van der Waals surface area contributed by atoms with Gasteiger partial charge in [-0.3, -0.25) is 20.4 Å². The zero-order valence-corrected chi connectivity index (χ0v) is 19.7. The Hall–Kier alpha value is -3.89. The predicted molar refractivity (Wildman–Crippen MR) is 126 cm³/mol. The first-order valence-corrected chi connectivity index (χ1v) is 11.7. The molecule has 0 aliphatic carbocycles. The van der Waals surface area contributed by atoms with E-state index in [1.165, 1.54) is 50.6 Å². The minimum atomic E-state index is -3.85. The van der Waals surface area contributed by atoms with Crippen LogP contribution in [-0.2, 0) is 16.6 Å².